The Labute approximate surface area is 110 Å². The summed E-state index contributed by atoms with van der Waals surface area (Å²) in [6.07, 6.45) is 0. The zero-order chi connectivity index (χ0) is 13.4. The molecule has 94 valence electrons. The minimum atomic E-state index is -1.08. The molecule has 0 saturated carbocycles. The molecule has 1 N–H and O–H groups in total. The van der Waals surface area contributed by atoms with E-state index in [1.54, 1.807) is 7.05 Å². The highest BCUT2D eigenvalue weighted by Crippen LogP contribution is 2.27. The number of rotatable bonds is 2. The number of aromatic nitrogens is 2. The van der Waals surface area contributed by atoms with Crippen molar-refractivity contribution in [3.8, 4) is 11.4 Å². The van der Waals surface area contributed by atoms with Crippen LogP contribution in [0.3, 0.4) is 0 Å². The highest BCUT2D eigenvalue weighted by atomic mass is 35.5. The van der Waals surface area contributed by atoms with Gasteiger partial charge < -0.3 is 9.67 Å². The molecule has 0 saturated heterocycles. The van der Waals surface area contributed by atoms with Crippen molar-refractivity contribution in [1.29, 1.82) is 0 Å². The number of aryl methyl sites for hydroxylation is 2. The third-order valence-corrected chi connectivity index (χ3v) is 3.14. The van der Waals surface area contributed by atoms with E-state index in [1.165, 1.54) is 4.57 Å². The molecule has 2 rings (SSSR count). The Kier molecular flexibility index (Phi) is 3.13. The standard InChI is InChI=1S/C13H13ClN2O2/c1-7-4-5-9(8(2)6-7)12-15-11(14)10(13(17)18)16(12)3/h4-6H,1-3H3,(H,17,18). The summed E-state index contributed by atoms with van der Waals surface area (Å²) in [4.78, 5) is 15.2. The average Bonchev–Trinajstić information content (AvgIpc) is 2.54. The Morgan fingerprint density at radius 2 is 2.06 bits per heavy atom. The van der Waals surface area contributed by atoms with Gasteiger partial charge in [-0.05, 0) is 19.4 Å². The molecule has 0 radical (unpaired) electrons. The van der Waals surface area contributed by atoms with Crippen molar-refractivity contribution < 1.29 is 9.90 Å². The van der Waals surface area contributed by atoms with Crippen LogP contribution in [-0.2, 0) is 7.05 Å². The topological polar surface area (TPSA) is 55.1 Å². The van der Waals surface area contributed by atoms with Gasteiger partial charge in [0.25, 0.3) is 0 Å². The molecule has 0 fully saturated rings. The van der Waals surface area contributed by atoms with E-state index in [9.17, 15) is 4.79 Å². The monoisotopic (exact) mass is 264 g/mol. The lowest BCUT2D eigenvalue weighted by Crippen LogP contribution is -2.06. The second-order valence-corrected chi connectivity index (χ2v) is 4.62. The maximum Gasteiger partial charge on any atom is 0.355 e. The highest BCUT2D eigenvalue weighted by molar-refractivity contribution is 6.32. The van der Waals surface area contributed by atoms with E-state index < -0.39 is 5.97 Å². The largest absolute Gasteiger partial charge is 0.476 e. The third-order valence-electron chi connectivity index (χ3n) is 2.88. The molecule has 4 nitrogen and oxygen atoms in total. The number of benzene rings is 1. The molecule has 0 aliphatic carbocycles. The summed E-state index contributed by atoms with van der Waals surface area (Å²) in [5.41, 5.74) is 3.08. The van der Waals surface area contributed by atoms with Crippen LogP contribution in [0.15, 0.2) is 18.2 Å². The third kappa shape index (κ3) is 1.99. The van der Waals surface area contributed by atoms with Crippen LogP contribution < -0.4 is 0 Å². The van der Waals surface area contributed by atoms with E-state index in [2.05, 4.69) is 4.98 Å². The number of nitrogens with zero attached hydrogens (tertiary/aromatic N) is 2. The van der Waals surface area contributed by atoms with Crippen molar-refractivity contribution in [1.82, 2.24) is 9.55 Å². The van der Waals surface area contributed by atoms with Crippen LogP contribution in [0.5, 0.6) is 0 Å². The van der Waals surface area contributed by atoms with Gasteiger partial charge in [0, 0.05) is 12.6 Å². The minimum Gasteiger partial charge on any atom is -0.476 e. The molecule has 0 bridgehead atoms. The van der Waals surface area contributed by atoms with Crippen LogP contribution in [0.25, 0.3) is 11.4 Å². The molecular weight excluding hydrogens is 252 g/mol. The van der Waals surface area contributed by atoms with E-state index >= 15 is 0 Å². The molecule has 18 heavy (non-hydrogen) atoms. The number of hydrogen-bond donors (Lipinski definition) is 1. The summed E-state index contributed by atoms with van der Waals surface area (Å²) in [5.74, 6) is -0.513. The van der Waals surface area contributed by atoms with E-state index in [-0.39, 0.29) is 10.8 Å². The molecule has 1 aromatic carbocycles. The Hall–Kier alpha value is -1.81. The lowest BCUT2D eigenvalue weighted by molar-refractivity contribution is 0.0687. The van der Waals surface area contributed by atoms with Crippen molar-refractivity contribution in [2.24, 2.45) is 7.05 Å². The number of carbonyl (C=O) groups is 1. The summed E-state index contributed by atoms with van der Waals surface area (Å²) in [5, 5.41) is 9.09. The smallest absolute Gasteiger partial charge is 0.355 e. The van der Waals surface area contributed by atoms with Crippen LogP contribution in [0.4, 0.5) is 0 Å². The second-order valence-electron chi connectivity index (χ2n) is 4.26. The first-order valence-corrected chi connectivity index (χ1v) is 5.82. The van der Waals surface area contributed by atoms with Gasteiger partial charge in [-0.15, -0.1) is 0 Å². The Morgan fingerprint density at radius 3 is 2.56 bits per heavy atom. The molecule has 5 heteroatoms. The molecule has 0 spiro atoms. The number of carboxylic acids is 1. The van der Waals surface area contributed by atoms with Gasteiger partial charge in [0.15, 0.2) is 10.8 Å². The van der Waals surface area contributed by atoms with Crippen molar-refractivity contribution in [2.45, 2.75) is 13.8 Å². The van der Waals surface area contributed by atoms with Crippen molar-refractivity contribution in [3.63, 3.8) is 0 Å². The maximum atomic E-state index is 11.1. The van der Waals surface area contributed by atoms with Crippen LogP contribution in [0.2, 0.25) is 5.15 Å². The van der Waals surface area contributed by atoms with Gasteiger partial charge in [-0.2, -0.15) is 0 Å². The molecule has 0 aliphatic rings. The number of halogens is 1. The van der Waals surface area contributed by atoms with Gasteiger partial charge in [0.05, 0.1) is 0 Å². The SMILES string of the molecule is Cc1ccc(-c2nc(Cl)c(C(=O)O)n2C)c(C)c1. The van der Waals surface area contributed by atoms with E-state index in [0.29, 0.717) is 5.82 Å². The Balaban J connectivity index is 2.65. The van der Waals surface area contributed by atoms with Crippen LogP contribution >= 0.6 is 11.6 Å². The maximum absolute atomic E-state index is 11.1. The molecular formula is C13H13ClN2O2. The summed E-state index contributed by atoms with van der Waals surface area (Å²) in [7, 11) is 1.65. The lowest BCUT2D eigenvalue weighted by Gasteiger charge is -2.07. The molecule has 1 heterocycles. The summed E-state index contributed by atoms with van der Waals surface area (Å²) in [6, 6.07) is 5.92. The van der Waals surface area contributed by atoms with Gasteiger partial charge in [0.1, 0.15) is 5.82 Å². The van der Waals surface area contributed by atoms with E-state index in [1.807, 2.05) is 32.0 Å². The van der Waals surface area contributed by atoms with E-state index in [4.69, 9.17) is 16.7 Å². The van der Waals surface area contributed by atoms with Gasteiger partial charge in [-0.3, -0.25) is 0 Å². The molecule has 0 unspecified atom stereocenters. The molecule has 2 aromatic rings. The highest BCUT2D eigenvalue weighted by Gasteiger charge is 2.20. The number of aromatic carboxylic acids is 1. The quantitative estimate of drug-likeness (QED) is 0.907. The van der Waals surface area contributed by atoms with Gasteiger partial charge in [0.2, 0.25) is 0 Å². The predicted octanol–water partition coefficient (Wildman–Crippen LogP) is 3.06. The predicted molar refractivity (Wildman–Crippen MR) is 70.1 cm³/mol. The number of carboxylic acid groups (broad SMARTS) is 1. The molecule has 1 aromatic heterocycles. The van der Waals surface area contributed by atoms with Gasteiger partial charge >= 0.3 is 5.97 Å². The average molecular weight is 265 g/mol. The number of imidazole rings is 1. The first-order valence-electron chi connectivity index (χ1n) is 5.45. The molecule has 0 amide bonds. The van der Waals surface area contributed by atoms with Gasteiger partial charge in [-0.1, -0.05) is 35.4 Å². The molecule has 0 atom stereocenters. The van der Waals surface area contributed by atoms with Crippen molar-refractivity contribution in [2.75, 3.05) is 0 Å². The van der Waals surface area contributed by atoms with Crippen LogP contribution in [0.1, 0.15) is 21.6 Å². The molecule has 0 aliphatic heterocycles. The number of hydrogen-bond acceptors (Lipinski definition) is 2. The Morgan fingerprint density at radius 1 is 1.39 bits per heavy atom. The zero-order valence-corrected chi connectivity index (χ0v) is 11.1. The first-order chi connectivity index (χ1) is 8.41. The second kappa shape index (κ2) is 4.46. The Bertz CT molecular complexity index is 632. The summed E-state index contributed by atoms with van der Waals surface area (Å²) < 4.78 is 1.50. The van der Waals surface area contributed by atoms with Crippen molar-refractivity contribution in [3.05, 3.63) is 40.2 Å². The fraction of sp³-hybridized carbons (Fsp3) is 0.231. The first kappa shape index (κ1) is 12.6. The minimum absolute atomic E-state index is 0.00615. The van der Waals surface area contributed by atoms with Gasteiger partial charge in [-0.25, -0.2) is 9.78 Å². The lowest BCUT2D eigenvalue weighted by atomic mass is 10.1. The van der Waals surface area contributed by atoms with Crippen molar-refractivity contribution >= 4 is 17.6 Å². The fourth-order valence-corrected chi connectivity index (χ4v) is 2.29. The van der Waals surface area contributed by atoms with Crippen LogP contribution in [0, 0.1) is 13.8 Å². The van der Waals surface area contributed by atoms with E-state index in [0.717, 1.165) is 16.7 Å². The normalized spacial score (nSPS) is 10.7. The summed E-state index contributed by atoms with van der Waals surface area (Å²) in [6.45, 7) is 3.97. The fourth-order valence-electron chi connectivity index (χ4n) is 2.00. The van der Waals surface area contributed by atoms with Crippen LogP contribution in [-0.4, -0.2) is 20.6 Å². The summed E-state index contributed by atoms with van der Waals surface area (Å²) >= 11 is 5.87. The zero-order valence-electron chi connectivity index (χ0n) is 10.4.